The minimum atomic E-state index is -0.642. The first-order valence-electron chi connectivity index (χ1n) is 11.8. The number of ether oxygens (including phenoxy) is 1. The third kappa shape index (κ3) is 3.51. The zero-order valence-corrected chi connectivity index (χ0v) is 20.6. The lowest BCUT2D eigenvalue weighted by Crippen LogP contribution is -2.40. The van der Waals surface area contributed by atoms with Crippen LogP contribution in [0.3, 0.4) is 0 Å². The van der Waals surface area contributed by atoms with Crippen LogP contribution in [-0.4, -0.2) is 22.1 Å². The normalized spacial score (nSPS) is 15.8. The molecule has 0 amide bonds. The second-order valence-corrected chi connectivity index (χ2v) is 9.67. The Balaban J connectivity index is 1.63. The van der Waals surface area contributed by atoms with E-state index in [1.54, 1.807) is 18.4 Å². The zero-order valence-electron chi connectivity index (χ0n) is 19.8. The largest absolute Gasteiger partial charge is 0.463 e. The summed E-state index contributed by atoms with van der Waals surface area (Å²) in [6, 6.07) is 21.3. The van der Waals surface area contributed by atoms with Crippen molar-refractivity contribution in [2.45, 2.75) is 19.9 Å². The predicted molar refractivity (Wildman–Crippen MR) is 143 cm³/mol. The molecule has 1 atom stereocenters. The highest BCUT2D eigenvalue weighted by Gasteiger charge is 2.34. The van der Waals surface area contributed by atoms with E-state index in [2.05, 4.69) is 4.98 Å². The first kappa shape index (κ1) is 22.2. The number of H-pyrrole nitrogens is 1. The lowest BCUT2D eigenvalue weighted by atomic mass is 9.91. The number of carbonyl (C=O) groups is 1. The zero-order chi connectivity index (χ0) is 24.8. The van der Waals surface area contributed by atoms with Crippen LogP contribution in [0.4, 0.5) is 0 Å². The minimum absolute atomic E-state index is 0.184. The van der Waals surface area contributed by atoms with Gasteiger partial charge in [-0.15, -0.1) is 0 Å². The molecule has 0 saturated heterocycles. The third-order valence-electron chi connectivity index (χ3n) is 6.54. The summed E-state index contributed by atoms with van der Waals surface area (Å²) in [4.78, 5) is 35.6. The summed E-state index contributed by atoms with van der Waals surface area (Å²) in [5.41, 5.74) is 3.57. The molecule has 6 nitrogen and oxygen atoms in total. The van der Waals surface area contributed by atoms with Crippen LogP contribution in [0, 0.1) is 0 Å². The summed E-state index contributed by atoms with van der Waals surface area (Å²) in [6.45, 7) is 3.82. The molecule has 1 aliphatic heterocycles. The molecule has 3 aromatic carbocycles. The molecule has 5 aromatic rings. The first-order valence-corrected chi connectivity index (χ1v) is 12.6. The smallest absolute Gasteiger partial charge is 0.338 e. The molecule has 0 radical (unpaired) electrons. The van der Waals surface area contributed by atoms with Crippen LogP contribution in [0.2, 0.25) is 0 Å². The number of nitrogens with one attached hydrogen (secondary N) is 1. The van der Waals surface area contributed by atoms with E-state index in [0.717, 1.165) is 32.8 Å². The van der Waals surface area contributed by atoms with Crippen LogP contribution in [0.1, 0.15) is 31.0 Å². The van der Waals surface area contributed by atoms with Gasteiger partial charge in [-0.3, -0.25) is 9.36 Å². The Labute approximate surface area is 210 Å². The van der Waals surface area contributed by atoms with Crippen LogP contribution < -0.4 is 14.9 Å². The Bertz CT molecular complexity index is 1870. The van der Waals surface area contributed by atoms with Crippen molar-refractivity contribution in [3.63, 3.8) is 0 Å². The number of aromatic amines is 1. The molecular formula is C29H23N3O3S. The maximum absolute atomic E-state index is 13.9. The summed E-state index contributed by atoms with van der Waals surface area (Å²) in [6.07, 6.45) is 3.80. The topological polar surface area (TPSA) is 76.4 Å². The van der Waals surface area contributed by atoms with Crippen molar-refractivity contribution in [3.8, 4) is 0 Å². The monoisotopic (exact) mass is 493 g/mol. The standard InChI is InChI=1S/C29H23N3O3S/c1-3-35-28(34)25-17(2)31-29-32(26(25)22-13-8-10-18-9-4-5-11-20(18)22)27(33)24(36-29)15-19-16-30-23-14-7-6-12-21(19)23/h4-16,26,30H,3H2,1-2H3. The van der Waals surface area contributed by atoms with Crippen molar-refractivity contribution >= 4 is 45.1 Å². The summed E-state index contributed by atoms with van der Waals surface area (Å²) < 4.78 is 7.63. The molecule has 0 bridgehead atoms. The molecular weight excluding hydrogens is 470 g/mol. The number of para-hydroxylation sites is 1. The van der Waals surface area contributed by atoms with Gasteiger partial charge < -0.3 is 9.72 Å². The van der Waals surface area contributed by atoms with E-state index < -0.39 is 12.0 Å². The fourth-order valence-electron chi connectivity index (χ4n) is 4.93. The van der Waals surface area contributed by atoms with E-state index in [1.807, 2.05) is 79.0 Å². The maximum Gasteiger partial charge on any atom is 0.338 e. The Morgan fingerprint density at radius 1 is 1.08 bits per heavy atom. The average molecular weight is 494 g/mol. The Hall–Kier alpha value is -4.23. The predicted octanol–water partition coefficient (Wildman–Crippen LogP) is 4.43. The van der Waals surface area contributed by atoms with E-state index in [1.165, 1.54) is 11.3 Å². The van der Waals surface area contributed by atoms with E-state index in [-0.39, 0.29) is 12.2 Å². The van der Waals surface area contributed by atoms with Crippen molar-refractivity contribution < 1.29 is 9.53 Å². The SMILES string of the molecule is CCOC(=O)C1=C(C)N=c2sc(=Cc3c[nH]c4ccccc34)c(=O)n2C1c1cccc2ccccc12. The quantitative estimate of drug-likeness (QED) is 0.376. The molecule has 1 aliphatic rings. The molecule has 0 fully saturated rings. The Kier molecular flexibility index (Phi) is 5.42. The minimum Gasteiger partial charge on any atom is -0.463 e. The van der Waals surface area contributed by atoms with Gasteiger partial charge in [-0.05, 0) is 42.3 Å². The number of rotatable bonds is 4. The van der Waals surface area contributed by atoms with Crippen LogP contribution in [-0.2, 0) is 9.53 Å². The lowest BCUT2D eigenvalue weighted by molar-refractivity contribution is -0.139. The van der Waals surface area contributed by atoms with Crippen molar-refractivity contribution in [1.29, 1.82) is 0 Å². The number of allylic oxidation sites excluding steroid dienone is 1. The molecule has 178 valence electrons. The second kappa shape index (κ2) is 8.77. The highest BCUT2D eigenvalue weighted by atomic mass is 32.1. The third-order valence-corrected chi connectivity index (χ3v) is 7.53. The van der Waals surface area contributed by atoms with Crippen LogP contribution in [0.25, 0.3) is 27.8 Å². The van der Waals surface area contributed by atoms with E-state index in [9.17, 15) is 9.59 Å². The number of hydrogen-bond acceptors (Lipinski definition) is 5. The number of hydrogen-bond donors (Lipinski definition) is 1. The van der Waals surface area contributed by atoms with Crippen molar-refractivity contribution in [3.05, 3.63) is 115 Å². The Morgan fingerprint density at radius 3 is 2.67 bits per heavy atom. The summed E-state index contributed by atoms with van der Waals surface area (Å²) in [7, 11) is 0. The van der Waals surface area contributed by atoms with Gasteiger partial charge in [0.2, 0.25) is 0 Å². The van der Waals surface area contributed by atoms with Gasteiger partial charge >= 0.3 is 5.97 Å². The van der Waals surface area contributed by atoms with Crippen molar-refractivity contribution in [1.82, 2.24) is 9.55 Å². The van der Waals surface area contributed by atoms with Gasteiger partial charge in [0.25, 0.3) is 5.56 Å². The number of thiazole rings is 1. The highest BCUT2D eigenvalue weighted by Crippen LogP contribution is 2.34. The highest BCUT2D eigenvalue weighted by molar-refractivity contribution is 7.07. The molecule has 1 unspecified atom stereocenters. The number of esters is 1. The maximum atomic E-state index is 13.9. The number of benzene rings is 3. The van der Waals surface area contributed by atoms with Gasteiger partial charge in [-0.1, -0.05) is 72.0 Å². The molecule has 0 spiro atoms. The van der Waals surface area contributed by atoms with Gasteiger partial charge in [0, 0.05) is 22.7 Å². The summed E-state index contributed by atoms with van der Waals surface area (Å²) in [5, 5.41) is 3.05. The van der Waals surface area contributed by atoms with E-state index in [4.69, 9.17) is 9.73 Å². The second-order valence-electron chi connectivity index (χ2n) is 8.66. The van der Waals surface area contributed by atoms with Crippen LogP contribution >= 0.6 is 11.3 Å². The van der Waals surface area contributed by atoms with E-state index >= 15 is 0 Å². The molecule has 3 heterocycles. The van der Waals surface area contributed by atoms with Gasteiger partial charge in [-0.25, -0.2) is 9.79 Å². The molecule has 0 saturated carbocycles. The Morgan fingerprint density at radius 2 is 1.83 bits per heavy atom. The molecule has 1 N–H and O–H groups in total. The molecule has 7 heteroatoms. The summed E-state index contributed by atoms with van der Waals surface area (Å²) >= 11 is 1.33. The van der Waals surface area contributed by atoms with Crippen molar-refractivity contribution in [2.75, 3.05) is 6.61 Å². The fraction of sp³-hybridized carbons (Fsp3) is 0.138. The molecule has 0 aliphatic carbocycles. The number of carbonyl (C=O) groups excluding carboxylic acids is 1. The van der Waals surface area contributed by atoms with Crippen LogP contribution in [0.5, 0.6) is 0 Å². The summed E-state index contributed by atoms with van der Waals surface area (Å²) in [5.74, 6) is -0.456. The van der Waals surface area contributed by atoms with Gasteiger partial charge in [0.1, 0.15) is 0 Å². The number of aromatic nitrogens is 2. The number of fused-ring (bicyclic) bond motifs is 3. The van der Waals surface area contributed by atoms with Gasteiger partial charge in [0.05, 0.1) is 28.5 Å². The van der Waals surface area contributed by atoms with Crippen LogP contribution in [0.15, 0.2) is 94.0 Å². The molecule has 6 rings (SSSR count). The number of nitrogens with zero attached hydrogens (tertiary/aromatic N) is 2. The molecule has 2 aromatic heterocycles. The van der Waals surface area contributed by atoms with Crippen molar-refractivity contribution in [2.24, 2.45) is 4.99 Å². The van der Waals surface area contributed by atoms with E-state index in [0.29, 0.717) is 20.6 Å². The van der Waals surface area contributed by atoms with Gasteiger partial charge in [0.15, 0.2) is 4.80 Å². The molecule has 36 heavy (non-hydrogen) atoms. The van der Waals surface area contributed by atoms with Gasteiger partial charge in [-0.2, -0.15) is 0 Å². The lowest BCUT2D eigenvalue weighted by Gasteiger charge is -2.25. The average Bonchev–Trinajstić information content (AvgIpc) is 3.43. The first-order chi connectivity index (χ1) is 17.6. The fourth-order valence-corrected chi connectivity index (χ4v) is 5.97.